The number of carbonyl (C=O) groups is 1. The van der Waals surface area contributed by atoms with Crippen molar-refractivity contribution in [2.24, 2.45) is 0 Å². The summed E-state index contributed by atoms with van der Waals surface area (Å²) in [6.07, 6.45) is 0.688. The quantitative estimate of drug-likeness (QED) is 0.524. The van der Waals surface area contributed by atoms with E-state index in [2.05, 4.69) is 41.5 Å². The van der Waals surface area contributed by atoms with Crippen LogP contribution < -0.4 is 5.32 Å². The molecule has 1 N–H and O–H groups in total. The molecule has 0 bridgehead atoms. The van der Waals surface area contributed by atoms with E-state index in [0.29, 0.717) is 18.7 Å². The monoisotopic (exact) mass is 376 g/mol. The van der Waals surface area contributed by atoms with Gasteiger partial charge in [-0.2, -0.15) is 0 Å². The molecule has 0 spiro atoms. The van der Waals surface area contributed by atoms with Crippen LogP contribution in [0, 0.1) is 13.8 Å². The average Bonchev–Trinajstić information content (AvgIpc) is 3.29. The van der Waals surface area contributed by atoms with Crippen LogP contribution in [0.1, 0.15) is 27.4 Å². The van der Waals surface area contributed by atoms with Crippen LogP contribution in [0.2, 0.25) is 0 Å². The maximum atomic E-state index is 12.3. The van der Waals surface area contributed by atoms with Crippen LogP contribution in [0.5, 0.6) is 0 Å². The number of furan rings is 1. The highest BCUT2D eigenvalue weighted by Gasteiger charge is 2.12. The predicted octanol–water partition coefficient (Wildman–Crippen LogP) is 5.15. The van der Waals surface area contributed by atoms with E-state index in [-0.39, 0.29) is 5.91 Å². The summed E-state index contributed by atoms with van der Waals surface area (Å²) in [5, 5.41) is 6.91. The molecule has 0 unspecified atom stereocenters. The first kappa shape index (κ1) is 17.5. The summed E-state index contributed by atoms with van der Waals surface area (Å²) in [6, 6.07) is 16.0. The lowest BCUT2D eigenvalue weighted by atomic mass is 10.2. The second kappa shape index (κ2) is 7.37. The van der Waals surface area contributed by atoms with Gasteiger partial charge in [0.15, 0.2) is 5.76 Å². The summed E-state index contributed by atoms with van der Waals surface area (Å²) in [5.74, 6) is 0.145. The predicted molar refractivity (Wildman–Crippen MR) is 109 cm³/mol. The lowest BCUT2D eigenvalue weighted by Gasteiger charge is -2.01. The molecular formula is C22H20N2O2S. The molecule has 2 heterocycles. The fraction of sp³-hybridized carbons (Fsp3) is 0.182. The Morgan fingerprint density at radius 2 is 1.85 bits per heavy atom. The van der Waals surface area contributed by atoms with Gasteiger partial charge in [0.2, 0.25) is 0 Å². The molecule has 4 nitrogen and oxygen atoms in total. The van der Waals surface area contributed by atoms with Gasteiger partial charge < -0.3 is 9.73 Å². The maximum absolute atomic E-state index is 12.3. The molecule has 4 aromatic rings. The minimum absolute atomic E-state index is 0.196. The van der Waals surface area contributed by atoms with Crippen LogP contribution in [0.25, 0.3) is 21.5 Å². The topological polar surface area (TPSA) is 55.1 Å². The number of aromatic nitrogens is 1. The summed E-state index contributed by atoms with van der Waals surface area (Å²) >= 11 is 1.63. The summed E-state index contributed by atoms with van der Waals surface area (Å²) in [5.41, 5.74) is 5.21. The molecule has 4 rings (SSSR count). The molecule has 5 heteroatoms. The third kappa shape index (κ3) is 3.93. The van der Waals surface area contributed by atoms with Crippen LogP contribution in [0.4, 0.5) is 0 Å². The SMILES string of the molecule is Cc1ccc(-c2nc(CCNC(=O)c3cc4cc(C)ccc4o3)cs2)cc1. The number of amides is 1. The minimum atomic E-state index is -0.196. The third-order valence-electron chi connectivity index (χ3n) is 4.41. The third-order valence-corrected chi connectivity index (χ3v) is 5.35. The first-order valence-corrected chi connectivity index (χ1v) is 9.76. The zero-order chi connectivity index (χ0) is 18.8. The van der Waals surface area contributed by atoms with E-state index in [0.717, 1.165) is 32.8 Å². The number of nitrogens with zero attached hydrogens (tertiary/aromatic N) is 1. The standard InChI is InChI=1S/C22H20N2O2S/c1-14-3-6-16(7-4-14)22-24-18(13-27-22)9-10-23-21(25)20-12-17-11-15(2)5-8-19(17)26-20/h3-8,11-13H,9-10H2,1-2H3,(H,23,25). The van der Waals surface area contributed by atoms with Crippen LogP contribution >= 0.6 is 11.3 Å². The summed E-state index contributed by atoms with van der Waals surface area (Å²) in [4.78, 5) is 17.0. The van der Waals surface area contributed by atoms with E-state index in [4.69, 9.17) is 4.42 Å². The van der Waals surface area contributed by atoms with Crippen molar-refractivity contribution in [1.29, 1.82) is 0 Å². The Kier molecular flexibility index (Phi) is 4.77. The number of fused-ring (bicyclic) bond motifs is 1. The second-order valence-corrected chi connectivity index (χ2v) is 7.53. The first-order valence-electron chi connectivity index (χ1n) is 8.88. The zero-order valence-corrected chi connectivity index (χ0v) is 16.1. The summed E-state index contributed by atoms with van der Waals surface area (Å²) in [6.45, 7) is 4.61. The Morgan fingerprint density at radius 1 is 1.07 bits per heavy atom. The van der Waals surface area contributed by atoms with Crippen molar-refractivity contribution in [3.8, 4) is 10.6 Å². The van der Waals surface area contributed by atoms with Gasteiger partial charge in [0.25, 0.3) is 5.91 Å². The van der Waals surface area contributed by atoms with Crippen molar-refractivity contribution in [3.63, 3.8) is 0 Å². The molecule has 1 amide bonds. The summed E-state index contributed by atoms with van der Waals surface area (Å²) in [7, 11) is 0. The van der Waals surface area contributed by atoms with Crippen molar-refractivity contribution >= 4 is 28.2 Å². The van der Waals surface area contributed by atoms with E-state index in [1.54, 1.807) is 17.4 Å². The number of carbonyl (C=O) groups excluding carboxylic acids is 1. The molecule has 0 saturated heterocycles. The van der Waals surface area contributed by atoms with Gasteiger partial charge in [0.05, 0.1) is 5.69 Å². The van der Waals surface area contributed by atoms with E-state index in [1.165, 1.54) is 5.56 Å². The van der Waals surface area contributed by atoms with Crippen LogP contribution in [-0.2, 0) is 6.42 Å². The van der Waals surface area contributed by atoms with Crippen molar-refractivity contribution < 1.29 is 9.21 Å². The highest BCUT2D eigenvalue weighted by molar-refractivity contribution is 7.13. The molecule has 0 aliphatic heterocycles. The summed E-state index contributed by atoms with van der Waals surface area (Å²) < 4.78 is 5.63. The normalized spacial score (nSPS) is 11.0. The highest BCUT2D eigenvalue weighted by atomic mass is 32.1. The number of hydrogen-bond donors (Lipinski definition) is 1. The Balaban J connectivity index is 1.36. The van der Waals surface area contributed by atoms with Crippen LogP contribution in [0.15, 0.2) is 58.3 Å². The average molecular weight is 376 g/mol. The molecule has 0 saturated carbocycles. The van der Waals surface area contributed by atoms with Gasteiger partial charge in [-0.1, -0.05) is 41.5 Å². The van der Waals surface area contributed by atoms with Crippen molar-refractivity contribution in [1.82, 2.24) is 10.3 Å². The number of nitrogens with one attached hydrogen (secondary N) is 1. The molecule has 0 atom stereocenters. The fourth-order valence-corrected chi connectivity index (χ4v) is 3.78. The van der Waals surface area contributed by atoms with E-state index in [1.807, 2.05) is 30.5 Å². The molecular weight excluding hydrogens is 356 g/mol. The molecule has 0 radical (unpaired) electrons. The molecule has 136 valence electrons. The van der Waals surface area contributed by atoms with Gasteiger partial charge in [-0.3, -0.25) is 4.79 Å². The van der Waals surface area contributed by atoms with E-state index in [9.17, 15) is 4.79 Å². The second-order valence-electron chi connectivity index (χ2n) is 6.67. The van der Waals surface area contributed by atoms with Gasteiger partial charge in [0.1, 0.15) is 10.6 Å². The van der Waals surface area contributed by atoms with Gasteiger partial charge in [-0.05, 0) is 32.0 Å². The fourth-order valence-electron chi connectivity index (χ4n) is 2.92. The Hall–Kier alpha value is -2.92. The largest absolute Gasteiger partial charge is 0.451 e. The molecule has 0 aliphatic carbocycles. The van der Waals surface area contributed by atoms with Gasteiger partial charge >= 0.3 is 0 Å². The Morgan fingerprint density at radius 3 is 2.67 bits per heavy atom. The Bertz CT molecular complexity index is 1090. The van der Waals surface area contributed by atoms with Crippen molar-refractivity contribution in [2.45, 2.75) is 20.3 Å². The number of hydrogen-bond acceptors (Lipinski definition) is 4. The van der Waals surface area contributed by atoms with Crippen molar-refractivity contribution in [3.05, 3.63) is 76.5 Å². The van der Waals surface area contributed by atoms with Crippen LogP contribution in [0.3, 0.4) is 0 Å². The van der Waals surface area contributed by atoms with Gasteiger partial charge in [-0.25, -0.2) is 4.98 Å². The van der Waals surface area contributed by atoms with E-state index >= 15 is 0 Å². The van der Waals surface area contributed by atoms with Gasteiger partial charge in [-0.15, -0.1) is 11.3 Å². The molecule has 0 aliphatic rings. The van der Waals surface area contributed by atoms with Crippen LogP contribution in [-0.4, -0.2) is 17.4 Å². The maximum Gasteiger partial charge on any atom is 0.287 e. The zero-order valence-electron chi connectivity index (χ0n) is 15.3. The minimum Gasteiger partial charge on any atom is -0.451 e. The molecule has 2 aromatic heterocycles. The number of aryl methyl sites for hydroxylation is 2. The Labute approximate surface area is 161 Å². The lowest BCUT2D eigenvalue weighted by molar-refractivity contribution is 0.0928. The first-order chi connectivity index (χ1) is 13.1. The van der Waals surface area contributed by atoms with Gasteiger partial charge in [0, 0.05) is 29.3 Å². The van der Waals surface area contributed by atoms with Crippen molar-refractivity contribution in [2.75, 3.05) is 6.54 Å². The smallest absolute Gasteiger partial charge is 0.287 e. The van der Waals surface area contributed by atoms with E-state index < -0.39 is 0 Å². The lowest BCUT2D eigenvalue weighted by Crippen LogP contribution is -2.25. The number of thiazole rings is 1. The molecule has 0 fully saturated rings. The molecule has 27 heavy (non-hydrogen) atoms. The highest BCUT2D eigenvalue weighted by Crippen LogP contribution is 2.24. The number of rotatable bonds is 5. The molecule has 2 aromatic carbocycles. The number of benzene rings is 2.